The minimum absolute atomic E-state index is 0.160. The van der Waals surface area contributed by atoms with Crippen LogP contribution in [0.25, 0.3) is 11.3 Å². The first-order chi connectivity index (χ1) is 9.60. The number of aryl methyl sites for hydroxylation is 2. The molecule has 1 aromatic carbocycles. The van der Waals surface area contributed by atoms with Gasteiger partial charge in [0.1, 0.15) is 6.07 Å². The normalized spacial score (nSPS) is 14.1. The summed E-state index contributed by atoms with van der Waals surface area (Å²) in [4.78, 5) is 16.6. The van der Waals surface area contributed by atoms with Crippen LogP contribution in [0.15, 0.2) is 24.3 Å². The van der Waals surface area contributed by atoms with E-state index < -0.39 is 0 Å². The van der Waals surface area contributed by atoms with Crippen molar-refractivity contribution in [2.24, 2.45) is 0 Å². The number of aromatic amines is 1. The van der Waals surface area contributed by atoms with E-state index in [1.807, 2.05) is 32.2 Å². The zero-order chi connectivity index (χ0) is 14.3. The predicted octanol–water partition coefficient (Wildman–Crippen LogP) is 2.77. The number of aromatic nitrogens is 1. The molecule has 1 aliphatic heterocycles. The Bertz CT molecular complexity index is 737. The fourth-order valence-corrected chi connectivity index (χ4v) is 2.65. The SMILES string of the molecule is Cc1[nH]c(-c2ccc3c(c2)CCC(=O)N3C)cc1C#N. The van der Waals surface area contributed by atoms with Gasteiger partial charge in [0.05, 0.1) is 5.56 Å². The van der Waals surface area contributed by atoms with Crippen LogP contribution in [0.3, 0.4) is 0 Å². The van der Waals surface area contributed by atoms with Gasteiger partial charge in [-0.2, -0.15) is 5.26 Å². The molecular formula is C16H15N3O. The zero-order valence-electron chi connectivity index (χ0n) is 11.5. The number of amides is 1. The zero-order valence-corrected chi connectivity index (χ0v) is 11.5. The van der Waals surface area contributed by atoms with Gasteiger partial charge in [-0.3, -0.25) is 4.79 Å². The van der Waals surface area contributed by atoms with Gasteiger partial charge in [-0.25, -0.2) is 0 Å². The van der Waals surface area contributed by atoms with Gasteiger partial charge in [0.25, 0.3) is 0 Å². The Hall–Kier alpha value is -2.54. The first kappa shape index (κ1) is 12.5. The number of fused-ring (bicyclic) bond motifs is 1. The van der Waals surface area contributed by atoms with Crippen molar-refractivity contribution in [2.75, 3.05) is 11.9 Å². The van der Waals surface area contributed by atoms with E-state index in [4.69, 9.17) is 5.26 Å². The first-order valence-corrected chi connectivity index (χ1v) is 6.59. The lowest BCUT2D eigenvalue weighted by Crippen LogP contribution is -2.30. The summed E-state index contributed by atoms with van der Waals surface area (Å²) in [5.74, 6) is 0.160. The molecule has 0 fully saturated rings. The minimum atomic E-state index is 0.160. The van der Waals surface area contributed by atoms with Gasteiger partial charge >= 0.3 is 0 Å². The van der Waals surface area contributed by atoms with Gasteiger partial charge in [-0.05, 0) is 42.7 Å². The van der Waals surface area contributed by atoms with Crippen LogP contribution >= 0.6 is 0 Å². The Kier molecular flexibility index (Phi) is 2.83. The topological polar surface area (TPSA) is 59.9 Å². The third-order valence-electron chi connectivity index (χ3n) is 3.87. The maximum absolute atomic E-state index is 11.7. The fourth-order valence-electron chi connectivity index (χ4n) is 2.65. The summed E-state index contributed by atoms with van der Waals surface area (Å²) in [5.41, 5.74) is 5.71. The molecule has 0 bridgehead atoms. The van der Waals surface area contributed by atoms with Crippen molar-refractivity contribution < 1.29 is 4.79 Å². The number of H-pyrrole nitrogens is 1. The van der Waals surface area contributed by atoms with Crippen molar-refractivity contribution in [3.63, 3.8) is 0 Å². The number of hydrogen-bond acceptors (Lipinski definition) is 2. The largest absolute Gasteiger partial charge is 0.358 e. The number of nitriles is 1. The number of carbonyl (C=O) groups is 1. The molecule has 4 heteroatoms. The number of carbonyl (C=O) groups excluding carboxylic acids is 1. The number of benzene rings is 1. The molecule has 1 aromatic heterocycles. The smallest absolute Gasteiger partial charge is 0.227 e. The molecule has 4 nitrogen and oxygen atoms in total. The quantitative estimate of drug-likeness (QED) is 0.861. The van der Waals surface area contributed by atoms with E-state index in [1.165, 1.54) is 5.56 Å². The molecule has 0 saturated carbocycles. The lowest BCUT2D eigenvalue weighted by atomic mass is 9.98. The lowest BCUT2D eigenvalue weighted by Gasteiger charge is -2.26. The van der Waals surface area contributed by atoms with Crippen LogP contribution in [0.5, 0.6) is 0 Å². The molecule has 2 heterocycles. The van der Waals surface area contributed by atoms with Crippen molar-refractivity contribution in [1.29, 1.82) is 5.26 Å². The highest BCUT2D eigenvalue weighted by atomic mass is 16.2. The summed E-state index contributed by atoms with van der Waals surface area (Å²) in [6, 6.07) is 10.1. The number of nitrogens with one attached hydrogen (secondary N) is 1. The maximum atomic E-state index is 11.7. The van der Waals surface area contributed by atoms with Crippen molar-refractivity contribution in [3.05, 3.63) is 41.1 Å². The van der Waals surface area contributed by atoms with E-state index in [0.29, 0.717) is 12.0 Å². The van der Waals surface area contributed by atoms with Gasteiger partial charge in [-0.15, -0.1) is 0 Å². The molecule has 100 valence electrons. The number of hydrogen-bond donors (Lipinski definition) is 1. The summed E-state index contributed by atoms with van der Waals surface area (Å²) in [5, 5.41) is 9.02. The molecule has 2 aromatic rings. The van der Waals surface area contributed by atoms with E-state index in [9.17, 15) is 4.79 Å². The second kappa shape index (κ2) is 4.53. The molecular weight excluding hydrogens is 250 g/mol. The standard InChI is InChI=1S/C16H15N3O/c1-10-13(9-17)8-14(18-10)11-3-5-15-12(7-11)4-6-16(20)19(15)2/h3,5,7-8,18H,4,6H2,1-2H3. The highest BCUT2D eigenvalue weighted by molar-refractivity contribution is 5.96. The van der Waals surface area contributed by atoms with Gasteiger partial charge in [0.2, 0.25) is 5.91 Å². The average Bonchev–Trinajstić information content (AvgIpc) is 2.84. The second-order valence-corrected chi connectivity index (χ2v) is 5.13. The predicted molar refractivity (Wildman–Crippen MR) is 77.4 cm³/mol. The Morgan fingerprint density at radius 2 is 2.10 bits per heavy atom. The Balaban J connectivity index is 2.05. The van der Waals surface area contributed by atoms with Crippen LogP contribution in [0.4, 0.5) is 5.69 Å². The summed E-state index contributed by atoms with van der Waals surface area (Å²) in [7, 11) is 1.81. The van der Waals surface area contributed by atoms with Crippen LogP contribution in [0.1, 0.15) is 23.2 Å². The molecule has 0 radical (unpaired) electrons. The van der Waals surface area contributed by atoms with E-state index in [2.05, 4.69) is 17.1 Å². The molecule has 1 aliphatic rings. The summed E-state index contributed by atoms with van der Waals surface area (Å²) < 4.78 is 0. The highest BCUT2D eigenvalue weighted by Crippen LogP contribution is 2.31. The van der Waals surface area contributed by atoms with E-state index >= 15 is 0 Å². The molecule has 0 unspecified atom stereocenters. The minimum Gasteiger partial charge on any atom is -0.358 e. The van der Waals surface area contributed by atoms with Crippen LogP contribution < -0.4 is 4.90 Å². The number of rotatable bonds is 1. The number of anilines is 1. The van der Waals surface area contributed by atoms with Gasteiger partial charge < -0.3 is 9.88 Å². The monoisotopic (exact) mass is 265 g/mol. The van der Waals surface area contributed by atoms with Gasteiger partial charge in [0, 0.05) is 30.5 Å². The Labute approximate surface area is 117 Å². The van der Waals surface area contributed by atoms with Crippen molar-refractivity contribution in [2.45, 2.75) is 19.8 Å². The molecule has 3 rings (SSSR count). The fraction of sp³-hybridized carbons (Fsp3) is 0.250. The highest BCUT2D eigenvalue weighted by Gasteiger charge is 2.21. The first-order valence-electron chi connectivity index (χ1n) is 6.59. The van der Waals surface area contributed by atoms with E-state index in [1.54, 1.807) is 4.90 Å². The van der Waals surface area contributed by atoms with E-state index in [-0.39, 0.29) is 5.91 Å². The molecule has 20 heavy (non-hydrogen) atoms. The molecule has 0 atom stereocenters. The third-order valence-corrected chi connectivity index (χ3v) is 3.87. The van der Waals surface area contributed by atoms with Crippen LogP contribution in [0, 0.1) is 18.3 Å². The van der Waals surface area contributed by atoms with E-state index in [0.717, 1.165) is 29.1 Å². The number of nitrogens with zero attached hydrogens (tertiary/aromatic N) is 2. The van der Waals surface area contributed by atoms with Crippen molar-refractivity contribution in [1.82, 2.24) is 4.98 Å². The summed E-state index contributed by atoms with van der Waals surface area (Å²) in [6.07, 6.45) is 1.33. The lowest BCUT2D eigenvalue weighted by molar-refractivity contribution is -0.118. The van der Waals surface area contributed by atoms with Crippen molar-refractivity contribution >= 4 is 11.6 Å². The summed E-state index contributed by atoms with van der Waals surface area (Å²) >= 11 is 0. The molecule has 0 aliphatic carbocycles. The van der Waals surface area contributed by atoms with Crippen LogP contribution in [-0.2, 0) is 11.2 Å². The van der Waals surface area contributed by atoms with Crippen LogP contribution in [-0.4, -0.2) is 17.9 Å². The third kappa shape index (κ3) is 1.88. The molecule has 0 saturated heterocycles. The molecule has 1 N–H and O–H groups in total. The Morgan fingerprint density at radius 1 is 1.30 bits per heavy atom. The summed E-state index contributed by atoms with van der Waals surface area (Å²) in [6.45, 7) is 1.90. The second-order valence-electron chi connectivity index (χ2n) is 5.13. The van der Waals surface area contributed by atoms with Crippen molar-refractivity contribution in [3.8, 4) is 17.3 Å². The maximum Gasteiger partial charge on any atom is 0.227 e. The molecule has 1 amide bonds. The van der Waals surface area contributed by atoms with Crippen LogP contribution in [0.2, 0.25) is 0 Å². The molecule has 0 spiro atoms. The van der Waals surface area contributed by atoms with Gasteiger partial charge in [-0.1, -0.05) is 6.07 Å². The van der Waals surface area contributed by atoms with Gasteiger partial charge in [0.15, 0.2) is 0 Å². The Morgan fingerprint density at radius 3 is 2.80 bits per heavy atom. The average molecular weight is 265 g/mol.